The number of hydrogen-bond acceptors (Lipinski definition) is 3. The molecule has 0 aliphatic carbocycles. The zero-order chi connectivity index (χ0) is 13.2. The Labute approximate surface area is 120 Å². The fraction of sp³-hybridized carbons (Fsp3) is 0.0769. The summed E-state index contributed by atoms with van der Waals surface area (Å²) in [6.07, 6.45) is 0. The van der Waals surface area contributed by atoms with Crippen molar-refractivity contribution in [2.75, 3.05) is 5.73 Å². The van der Waals surface area contributed by atoms with Gasteiger partial charge in [0.1, 0.15) is 0 Å². The van der Waals surface area contributed by atoms with Crippen LogP contribution in [-0.4, -0.2) is 8.42 Å². The number of hydrogen-bond donors (Lipinski definition) is 1. The first kappa shape index (κ1) is 13.4. The van der Waals surface area contributed by atoms with Crippen LogP contribution in [0.3, 0.4) is 0 Å². The van der Waals surface area contributed by atoms with Crippen molar-refractivity contribution >= 4 is 38.1 Å². The third-order valence-corrected chi connectivity index (χ3v) is 5.00. The summed E-state index contributed by atoms with van der Waals surface area (Å²) in [4.78, 5) is 0.198. The predicted octanol–water partition coefficient (Wildman–Crippen LogP) is 2.85. The van der Waals surface area contributed by atoms with Gasteiger partial charge in [0.2, 0.25) is 0 Å². The summed E-state index contributed by atoms with van der Waals surface area (Å²) in [5.41, 5.74) is 6.76. The van der Waals surface area contributed by atoms with Gasteiger partial charge in [-0.2, -0.15) is 0 Å². The van der Waals surface area contributed by atoms with Gasteiger partial charge in [0.05, 0.1) is 16.3 Å². The van der Waals surface area contributed by atoms with Gasteiger partial charge in [0.25, 0.3) is 0 Å². The van der Waals surface area contributed by atoms with E-state index in [2.05, 4.69) is 22.6 Å². The molecule has 18 heavy (non-hydrogen) atoms. The second-order valence-electron chi connectivity index (χ2n) is 3.92. The quantitative estimate of drug-likeness (QED) is 0.665. The number of nitrogens with two attached hydrogens (primary N) is 1. The summed E-state index contributed by atoms with van der Waals surface area (Å²) in [6, 6.07) is 13.9. The van der Waals surface area contributed by atoms with Crippen molar-refractivity contribution in [1.82, 2.24) is 0 Å². The molecule has 0 bridgehead atoms. The summed E-state index contributed by atoms with van der Waals surface area (Å²) in [5.74, 6) is -0.0296. The Kier molecular flexibility index (Phi) is 3.91. The van der Waals surface area contributed by atoms with Crippen molar-refractivity contribution < 1.29 is 8.42 Å². The fourth-order valence-electron chi connectivity index (χ4n) is 1.64. The van der Waals surface area contributed by atoms with Crippen LogP contribution in [0.5, 0.6) is 0 Å². The second-order valence-corrected chi connectivity index (χ2v) is 7.13. The van der Waals surface area contributed by atoms with E-state index in [0.29, 0.717) is 5.69 Å². The highest BCUT2D eigenvalue weighted by molar-refractivity contribution is 14.1. The van der Waals surface area contributed by atoms with Gasteiger partial charge in [0, 0.05) is 3.57 Å². The van der Waals surface area contributed by atoms with Crippen molar-refractivity contribution in [2.45, 2.75) is 10.6 Å². The largest absolute Gasteiger partial charge is 0.398 e. The Morgan fingerprint density at radius 1 is 1.00 bits per heavy atom. The van der Waals surface area contributed by atoms with Gasteiger partial charge >= 0.3 is 0 Å². The van der Waals surface area contributed by atoms with Crippen LogP contribution in [0.4, 0.5) is 5.69 Å². The molecule has 2 aromatic carbocycles. The van der Waals surface area contributed by atoms with Crippen LogP contribution in [0.15, 0.2) is 53.4 Å². The molecule has 2 aromatic rings. The Morgan fingerprint density at radius 2 is 1.61 bits per heavy atom. The molecule has 0 atom stereocenters. The summed E-state index contributed by atoms with van der Waals surface area (Å²) in [5, 5.41) is 0. The molecule has 0 amide bonds. The minimum Gasteiger partial charge on any atom is -0.398 e. The van der Waals surface area contributed by atoms with Crippen LogP contribution < -0.4 is 5.73 Å². The lowest BCUT2D eigenvalue weighted by molar-refractivity contribution is 0.595. The fourth-order valence-corrected chi connectivity index (χ4v) is 3.50. The number of anilines is 1. The Hall–Kier alpha value is -1.08. The number of benzene rings is 2. The average Bonchev–Trinajstić information content (AvgIpc) is 2.32. The molecule has 0 spiro atoms. The SMILES string of the molecule is Nc1ccccc1S(=O)(=O)Cc1ccc(I)cc1. The highest BCUT2D eigenvalue weighted by atomic mass is 127. The van der Waals surface area contributed by atoms with Crippen LogP contribution in [0.1, 0.15) is 5.56 Å². The predicted molar refractivity (Wildman–Crippen MR) is 80.9 cm³/mol. The van der Waals surface area contributed by atoms with E-state index in [9.17, 15) is 8.42 Å². The number of rotatable bonds is 3. The molecule has 2 N–H and O–H groups in total. The lowest BCUT2D eigenvalue weighted by Crippen LogP contribution is -2.07. The highest BCUT2D eigenvalue weighted by Gasteiger charge is 2.17. The van der Waals surface area contributed by atoms with Gasteiger partial charge in [-0.3, -0.25) is 0 Å². The Balaban J connectivity index is 2.33. The zero-order valence-electron chi connectivity index (χ0n) is 9.51. The molecule has 0 aromatic heterocycles. The van der Waals surface area contributed by atoms with Crippen molar-refractivity contribution in [3.05, 3.63) is 57.7 Å². The van der Waals surface area contributed by atoms with Crippen molar-refractivity contribution in [3.8, 4) is 0 Å². The van der Waals surface area contributed by atoms with Gasteiger partial charge in [-0.05, 0) is 52.4 Å². The van der Waals surface area contributed by atoms with Gasteiger partial charge in [0.15, 0.2) is 9.84 Å². The molecule has 94 valence electrons. The van der Waals surface area contributed by atoms with E-state index in [1.807, 2.05) is 24.3 Å². The lowest BCUT2D eigenvalue weighted by atomic mass is 10.2. The van der Waals surface area contributed by atoms with Crippen LogP contribution in [0.2, 0.25) is 0 Å². The number of halogens is 1. The lowest BCUT2D eigenvalue weighted by Gasteiger charge is -2.07. The molecule has 0 aliphatic rings. The van der Waals surface area contributed by atoms with Gasteiger partial charge in [-0.1, -0.05) is 24.3 Å². The standard InChI is InChI=1S/C13H12INO2S/c14-11-7-5-10(6-8-11)9-18(16,17)13-4-2-1-3-12(13)15/h1-8H,9,15H2. The normalized spacial score (nSPS) is 11.4. The minimum absolute atomic E-state index is 0.0296. The van der Waals surface area contributed by atoms with E-state index in [1.54, 1.807) is 18.2 Å². The number of sulfone groups is 1. The molecule has 2 rings (SSSR count). The molecular weight excluding hydrogens is 361 g/mol. The van der Waals surface area contributed by atoms with Gasteiger partial charge in [-0.15, -0.1) is 0 Å². The first-order chi connectivity index (χ1) is 8.49. The molecule has 0 radical (unpaired) electrons. The van der Waals surface area contributed by atoms with Gasteiger partial charge in [-0.25, -0.2) is 8.42 Å². The molecular formula is C13H12INO2S. The zero-order valence-corrected chi connectivity index (χ0v) is 12.5. The highest BCUT2D eigenvalue weighted by Crippen LogP contribution is 2.22. The topological polar surface area (TPSA) is 60.2 Å². The third-order valence-electron chi connectivity index (χ3n) is 2.52. The van der Waals surface area contributed by atoms with Crippen LogP contribution in [-0.2, 0) is 15.6 Å². The molecule has 5 heteroatoms. The molecule has 0 saturated carbocycles. The van der Waals surface area contributed by atoms with E-state index in [4.69, 9.17) is 5.73 Å². The number of para-hydroxylation sites is 1. The molecule has 3 nitrogen and oxygen atoms in total. The summed E-state index contributed by atoms with van der Waals surface area (Å²) < 4.78 is 25.5. The van der Waals surface area contributed by atoms with Crippen LogP contribution in [0, 0.1) is 3.57 Å². The average molecular weight is 373 g/mol. The second kappa shape index (κ2) is 5.27. The van der Waals surface area contributed by atoms with Crippen LogP contribution >= 0.6 is 22.6 Å². The first-order valence-electron chi connectivity index (χ1n) is 5.31. The van der Waals surface area contributed by atoms with E-state index >= 15 is 0 Å². The van der Waals surface area contributed by atoms with E-state index in [1.165, 1.54) is 6.07 Å². The van der Waals surface area contributed by atoms with Crippen molar-refractivity contribution in [1.29, 1.82) is 0 Å². The third kappa shape index (κ3) is 3.02. The molecule has 0 aliphatic heterocycles. The Morgan fingerprint density at radius 3 is 2.22 bits per heavy atom. The monoisotopic (exact) mass is 373 g/mol. The smallest absolute Gasteiger partial charge is 0.184 e. The summed E-state index contributed by atoms with van der Waals surface area (Å²) in [6.45, 7) is 0. The minimum atomic E-state index is -3.38. The first-order valence-corrected chi connectivity index (χ1v) is 8.04. The molecule has 0 saturated heterocycles. The molecule has 0 heterocycles. The van der Waals surface area contributed by atoms with Crippen LogP contribution in [0.25, 0.3) is 0 Å². The molecule has 0 fully saturated rings. The van der Waals surface area contributed by atoms with E-state index < -0.39 is 9.84 Å². The van der Waals surface area contributed by atoms with Crippen molar-refractivity contribution in [2.24, 2.45) is 0 Å². The van der Waals surface area contributed by atoms with Gasteiger partial charge < -0.3 is 5.73 Å². The molecule has 0 unspecified atom stereocenters. The maximum absolute atomic E-state index is 12.2. The van der Waals surface area contributed by atoms with Crippen molar-refractivity contribution in [3.63, 3.8) is 0 Å². The summed E-state index contributed by atoms with van der Waals surface area (Å²) in [7, 11) is -3.38. The maximum atomic E-state index is 12.2. The summed E-state index contributed by atoms with van der Waals surface area (Å²) >= 11 is 2.18. The Bertz CT molecular complexity index is 651. The maximum Gasteiger partial charge on any atom is 0.184 e. The number of nitrogen functional groups attached to an aromatic ring is 1. The van der Waals surface area contributed by atoms with E-state index in [0.717, 1.165) is 9.13 Å². The van der Waals surface area contributed by atoms with E-state index in [-0.39, 0.29) is 10.6 Å².